The quantitative estimate of drug-likeness (QED) is 0.806. The Morgan fingerprint density at radius 1 is 1.09 bits per heavy atom. The molecule has 1 aromatic heterocycles. The van der Waals surface area contributed by atoms with Gasteiger partial charge in [0, 0.05) is 0 Å². The molecule has 0 aliphatic rings. The monoisotopic (exact) mass is 316 g/mol. The predicted octanol–water partition coefficient (Wildman–Crippen LogP) is 2.64. The van der Waals surface area contributed by atoms with Crippen LogP contribution in [0.4, 0.5) is 0 Å². The minimum Gasteiger partial charge on any atom is -0.385 e. The molecule has 1 heterocycles. The van der Waals surface area contributed by atoms with Gasteiger partial charge in [-0.05, 0) is 38.1 Å². The van der Waals surface area contributed by atoms with Crippen LogP contribution in [0.1, 0.15) is 24.4 Å². The highest BCUT2D eigenvalue weighted by Crippen LogP contribution is 2.26. The van der Waals surface area contributed by atoms with E-state index in [9.17, 15) is 13.5 Å². The molecular weight excluding hydrogens is 300 g/mol. The van der Waals surface area contributed by atoms with E-state index in [0.717, 1.165) is 9.54 Å². The zero-order valence-electron chi connectivity index (χ0n) is 12.3. The van der Waals surface area contributed by atoms with Crippen LogP contribution in [0.25, 0.3) is 11.0 Å². The maximum absolute atomic E-state index is 13.0. The first kappa shape index (κ1) is 14.7. The number of nitrogens with zero attached hydrogens (tertiary/aromatic N) is 2. The molecule has 0 saturated carbocycles. The van der Waals surface area contributed by atoms with Crippen molar-refractivity contribution in [2.24, 2.45) is 0 Å². The Hall–Kier alpha value is -2.18. The molecule has 0 amide bonds. The molecule has 0 bridgehead atoms. The number of para-hydroxylation sites is 2. The molecule has 114 valence electrons. The van der Waals surface area contributed by atoms with Crippen molar-refractivity contribution < 1.29 is 13.5 Å². The Morgan fingerprint density at radius 3 is 2.36 bits per heavy atom. The summed E-state index contributed by atoms with van der Waals surface area (Å²) < 4.78 is 27.0. The van der Waals surface area contributed by atoms with Crippen molar-refractivity contribution in [3.63, 3.8) is 0 Å². The summed E-state index contributed by atoms with van der Waals surface area (Å²) in [5.74, 6) is 0.113. The fourth-order valence-corrected chi connectivity index (χ4v) is 3.90. The second-order valence-electron chi connectivity index (χ2n) is 5.22. The number of hydrogen-bond donors (Lipinski definition) is 1. The average molecular weight is 316 g/mol. The number of benzene rings is 2. The molecular formula is C16H16N2O3S. The molecule has 1 unspecified atom stereocenters. The second kappa shape index (κ2) is 5.23. The van der Waals surface area contributed by atoms with E-state index in [1.165, 1.54) is 6.92 Å². The van der Waals surface area contributed by atoms with Crippen LogP contribution in [0, 0.1) is 6.92 Å². The normalized spacial score (nSPS) is 13.4. The lowest BCUT2D eigenvalue weighted by atomic mass is 10.2. The molecule has 1 atom stereocenters. The second-order valence-corrected chi connectivity index (χ2v) is 7.00. The van der Waals surface area contributed by atoms with E-state index in [-0.39, 0.29) is 10.7 Å². The van der Waals surface area contributed by atoms with Crippen LogP contribution >= 0.6 is 0 Å². The van der Waals surface area contributed by atoms with Gasteiger partial charge >= 0.3 is 0 Å². The van der Waals surface area contributed by atoms with Gasteiger partial charge in [0.15, 0.2) is 5.82 Å². The van der Waals surface area contributed by atoms with Crippen LogP contribution < -0.4 is 0 Å². The molecule has 5 nitrogen and oxygen atoms in total. The van der Waals surface area contributed by atoms with Crippen LogP contribution in [-0.2, 0) is 10.0 Å². The first-order valence-electron chi connectivity index (χ1n) is 6.89. The predicted molar refractivity (Wildman–Crippen MR) is 84.1 cm³/mol. The molecule has 3 rings (SSSR count). The largest absolute Gasteiger partial charge is 0.385 e. The molecule has 22 heavy (non-hydrogen) atoms. The van der Waals surface area contributed by atoms with Gasteiger partial charge in [-0.1, -0.05) is 29.8 Å². The summed E-state index contributed by atoms with van der Waals surface area (Å²) in [6, 6.07) is 13.5. The summed E-state index contributed by atoms with van der Waals surface area (Å²) in [7, 11) is -3.82. The molecule has 0 radical (unpaired) electrons. The number of aromatic nitrogens is 2. The van der Waals surface area contributed by atoms with Crippen molar-refractivity contribution >= 4 is 21.1 Å². The molecule has 0 spiro atoms. The summed E-state index contributed by atoms with van der Waals surface area (Å²) in [5.41, 5.74) is 1.97. The van der Waals surface area contributed by atoms with E-state index < -0.39 is 16.1 Å². The SMILES string of the molecule is Cc1ccc(S(=O)(=O)n2c(C(C)O)nc3ccccc32)cc1. The third-order valence-electron chi connectivity index (χ3n) is 3.48. The molecule has 3 aromatic rings. The van der Waals surface area contributed by atoms with Gasteiger partial charge in [0.2, 0.25) is 0 Å². The molecule has 2 aromatic carbocycles. The Morgan fingerprint density at radius 2 is 1.73 bits per heavy atom. The van der Waals surface area contributed by atoms with Gasteiger partial charge in [0.25, 0.3) is 10.0 Å². The average Bonchev–Trinajstić information content (AvgIpc) is 2.88. The highest BCUT2D eigenvalue weighted by atomic mass is 32.2. The summed E-state index contributed by atoms with van der Waals surface area (Å²) in [6.45, 7) is 3.40. The Labute approximate surface area is 128 Å². The molecule has 1 N–H and O–H groups in total. The van der Waals surface area contributed by atoms with Gasteiger partial charge in [-0.25, -0.2) is 17.4 Å². The van der Waals surface area contributed by atoms with E-state index in [2.05, 4.69) is 4.98 Å². The van der Waals surface area contributed by atoms with E-state index in [0.29, 0.717) is 11.0 Å². The maximum Gasteiger partial charge on any atom is 0.269 e. The standard InChI is InChI=1S/C16H16N2O3S/c1-11-7-9-13(10-8-11)22(20,21)18-15-6-4-3-5-14(15)17-16(18)12(2)19/h3-10,12,19H,1-2H3. The first-order chi connectivity index (χ1) is 10.4. The summed E-state index contributed by atoms with van der Waals surface area (Å²) in [6.07, 6.45) is -0.993. The summed E-state index contributed by atoms with van der Waals surface area (Å²) in [4.78, 5) is 4.42. The van der Waals surface area contributed by atoms with Crippen molar-refractivity contribution in [2.75, 3.05) is 0 Å². The molecule has 6 heteroatoms. The van der Waals surface area contributed by atoms with Crippen molar-refractivity contribution in [1.82, 2.24) is 8.96 Å². The fraction of sp³-hybridized carbons (Fsp3) is 0.188. The van der Waals surface area contributed by atoms with Crippen molar-refractivity contribution in [3.05, 3.63) is 59.9 Å². The summed E-state index contributed by atoms with van der Waals surface area (Å²) >= 11 is 0. The minimum atomic E-state index is -3.82. The van der Waals surface area contributed by atoms with E-state index in [4.69, 9.17) is 0 Å². The number of imidazole rings is 1. The van der Waals surface area contributed by atoms with Crippen LogP contribution in [0.5, 0.6) is 0 Å². The van der Waals surface area contributed by atoms with Gasteiger partial charge in [0.1, 0.15) is 6.10 Å². The highest BCUT2D eigenvalue weighted by molar-refractivity contribution is 7.90. The molecule has 0 aliphatic carbocycles. The van der Waals surface area contributed by atoms with Crippen LogP contribution in [-0.4, -0.2) is 22.5 Å². The van der Waals surface area contributed by atoms with Crippen LogP contribution in [0.15, 0.2) is 53.4 Å². The zero-order chi connectivity index (χ0) is 15.9. The number of aryl methyl sites for hydroxylation is 1. The third-order valence-corrected chi connectivity index (χ3v) is 5.21. The topological polar surface area (TPSA) is 72.2 Å². The Kier molecular flexibility index (Phi) is 3.50. The van der Waals surface area contributed by atoms with E-state index in [1.54, 1.807) is 48.5 Å². The summed E-state index contributed by atoms with van der Waals surface area (Å²) in [5, 5.41) is 9.91. The van der Waals surface area contributed by atoms with E-state index >= 15 is 0 Å². The van der Waals surface area contributed by atoms with Crippen molar-refractivity contribution in [3.8, 4) is 0 Å². The Bertz CT molecular complexity index is 926. The van der Waals surface area contributed by atoms with Crippen molar-refractivity contribution in [1.29, 1.82) is 0 Å². The lowest BCUT2D eigenvalue weighted by Gasteiger charge is -2.12. The zero-order valence-corrected chi connectivity index (χ0v) is 13.1. The lowest BCUT2D eigenvalue weighted by molar-refractivity contribution is 0.188. The van der Waals surface area contributed by atoms with Crippen LogP contribution in [0.3, 0.4) is 0 Å². The first-order valence-corrected chi connectivity index (χ1v) is 8.33. The van der Waals surface area contributed by atoms with Gasteiger partial charge in [-0.2, -0.15) is 0 Å². The number of fused-ring (bicyclic) bond motifs is 1. The smallest absolute Gasteiger partial charge is 0.269 e. The molecule has 0 fully saturated rings. The minimum absolute atomic E-state index is 0.113. The van der Waals surface area contributed by atoms with Gasteiger partial charge < -0.3 is 5.11 Å². The Balaban J connectivity index is 2.32. The van der Waals surface area contributed by atoms with Gasteiger partial charge in [0.05, 0.1) is 15.9 Å². The number of aliphatic hydroxyl groups excluding tert-OH is 1. The fourth-order valence-electron chi connectivity index (χ4n) is 2.35. The van der Waals surface area contributed by atoms with E-state index in [1.807, 2.05) is 6.92 Å². The highest BCUT2D eigenvalue weighted by Gasteiger charge is 2.25. The van der Waals surface area contributed by atoms with Gasteiger partial charge in [-0.15, -0.1) is 0 Å². The maximum atomic E-state index is 13.0. The van der Waals surface area contributed by atoms with Crippen LogP contribution in [0.2, 0.25) is 0 Å². The number of hydrogen-bond acceptors (Lipinski definition) is 4. The lowest BCUT2D eigenvalue weighted by Crippen LogP contribution is -2.17. The molecule has 0 saturated heterocycles. The molecule has 0 aliphatic heterocycles. The third kappa shape index (κ3) is 2.30. The number of rotatable bonds is 3. The van der Waals surface area contributed by atoms with Gasteiger partial charge in [-0.3, -0.25) is 0 Å². The number of aliphatic hydroxyl groups is 1. The van der Waals surface area contributed by atoms with Crippen molar-refractivity contribution in [2.45, 2.75) is 24.8 Å².